The van der Waals surface area contributed by atoms with Crippen molar-refractivity contribution >= 4 is 20.2 Å². The third-order valence-electron chi connectivity index (χ3n) is 5.85. The summed E-state index contributed by atoms with van der Waals surface area (Å²) >= 11 is 0. The van der Waals surface area contributed by atoms with E-state index in [1.165, 1.54) is 40.6 Å². The molecule has 1 saturated heterocycles. The molecule has 38 heavy (non-hydrogen) atoms. The van der Waals surface area contributed by atoms with Gasteiger partial charge in [0.1, 0.15) is 10.6 Å². The first-order chi connectivity index (χ1) is 18.0. The molecule has 1 fully saturated rings. The SMILES string of the molecule is CCC(Oc1ccc([C@@H]2CC[C@@H](c3cc(OC)c(OC)c(OC)c3)O2)cc1S(=O)(=O)COC)OS(=O)(=O)O. The van der Waals surface area contributed by atoms with Crippen molar-refractivity contribution in [3.05, 3.63) is 41.5 Å². The summed E-state index contributed by atoms with van der Waals surface area (Å²) < 4.78 is 94.6. The van der Waals surface area contributed by atoms with E-state index in [-0.39, 0.29) is 23.2 Å². The van der Waals surface area contributed by atoms with Crippen molar-refractivity contribution in [1.82, 2.24) is 0 Å². The first-order valence-corrected chi connectivity index (χ1v) is 14.6. The summed E-state index contributed by atoms with van der Waals surface area (Å²) in [5, 5.41) is 0. The molecular weight excluding hydrogens is 544 g/mol. The van der Waals surface area contributed by atoms with Crippen LogP contribution in [-0.4, -0.2) is 62.1 Å². The Labute approximate surface area is 222 Å². The molecule has 2 aromatic rings. The third kappa shape index (κ3) is 7.07. The van der Waals surface area contributed by atoms with E-state index in [1.54, 1.807) is 25.1 Å². The molecule has 0 amide bonds. The summed E-state index contributed by atoms with van der Waals surface area (Å²) in [6, 6.07) is 8.04. The zero-order chi connectivity index (χ0) is 28.1. The number of benzene rings is 2. The molecule has 0 aromatic heterocycles. The van der Waals surface area contributed by atoms with Crippen molar-refractivity contribution < 1.29 is 54.0 Å². The Bertz CT molecular complexity index is 1300. The van der Waals surface area contributed by atoms with Crippen LogP contribution in [0, 0.1) is 0 Å². The second-order valence-electron chi connectivity index (χ2n) is 8.36. The van der Waals surface area contributed by atoms with Crippen LogP contribution in [0.25, 0.3) is 0 Å². The van der Waals surface area contributed by atoms with E-state index in [2.05, 4.69) is 4.18 Å². The van der Waals surface area contributed by atoms with Gasteiger partial charge in [0.25, 0.3) is 0 Å². The fraction of sp³-hybridized carbons (Fsp3) is 0.500. The smallest absolute Gasteiger partial charge is 0.400 e. The van der Waals surface area contributed by atoms with E-state index in [0.29, 0.717) is 35.7 Å². The maximum atomic E-state index is 13.0. The van der Waals surface area contributed by atoms with Gasteiger partial charge in [-0.2, -0.15) is 8.42 Å². The fourth-order valence-corrected chi connectivity index (χ4v) is 5.77. The summed E-state index contributed by atoms with van der Waals surface area (Å²) in [7, 11) is -3.03. The Balaban J connectivity index is 1.93. The van der Waals surface area contributed by atoms with E-state index >= 15 is 0 Å². The van der Waals surface area contributed by atoms with E-state index < -0.39 is 38.6 Å². The number of methoxy groups -OCH3 is 4. The lowest BCUT2D eigenvalue weighted by molar-refractivity contribution is -0.00187. The van der Waals surface area contributed by atoms with Gasteiger partial charge >= 0.3 is 10.4 Å². The van der Waals surface area contributed by atoms with Crippen molar-refractivity contribution in [1.29, 1.82) is 0 Å². The van der Waals surface area contributed by atoms with Gasteiger partial charge in [0, 0.05) is 13.5 Å². The molecule has 3 atom stereocenters. The summed E-state index contributed by atoms with van der Waals surface area (Å²) in [6.45, 7) is 1.54. The highest BCUT2D eigenvalue weighted by Gasteiger charge is 2.32. The molecule has 0 radical (unpaired) electrons. The standard InChI is InChI=1S/C24H32O12S2/c1-6-23(36-38(27,28)29)35-19-8-7-15(13-22(19)37(25,26)14-30-2)17-9-10-18(34-17)16-11-20(31-3)24(33-5)21(12-16)32-4/h7-8,11-13,17-18,23H,6,9-10,14H2,1-5H3,(H,27,28,29)/t17-,18-,23?/m0/s1. The average Bonchev–Trinajstić information content (AvgIpc) is 3.37. The van der Waals surface area contributed by atoms with Crippen LogP contribution >= 0.6 is 0 Å². The minimum Gasteiger partial charge on any atom is -0.493 e. The second kappa shape index (κ2) is 12.5. The molecule has 3 rings (SSSR count). The molecular formula is C24H32O12S2. The van der Waals surface area contributed by atoms with Crippen LogP contribution in [0.1, 0.15) is 49.5 Å². The van der Waals surface area contributed by atoms with E-state index in [1.807, 2.05) is 0 Å². The van der Waals surface area contributed by atoms with E-state index in [4.69, 9.17) is 33.0 Å². The van der Waals surface area contributed by atoms with Crippen molar-refractivity contribution in [2.45, 2.75) is 49.6 Å². The highest BCUT2D eigenvalue weighted by molar-refractivity contribution is 7.91. The van der Waals surface area contributed by atoms with Gasteiger partial charge in [-0.1, -0.05) is 13.0 Å². The first-order valence-electron chi connectivity index (χ1n) is 11.6. The highest BCUT2D eigenvalue weighted by atomic mass is 32.3. The number of sulfone groups is 1. The maximum Gasteiger partial charge on any atom is 0.400 e. The molecule has 1 heterocycles. The Hall–Kier alpha value is -2.62. The molecule has 1 aliphatic heterocycles. The van der Waals surface area contributed by atoms with E-state index in [0.717, 1.165) is 5.56 Å². The Kier molecular flexibility index (Phi) is 9.84. The lowest BCUT2D eigenvalue weighted by Crippen LogP contribution is -2.24. The predicted molar refractivity (Wildman–Crippen MR) is 135 cm³/mol. The normalized spacial score (nSPS) is 18.7. The van der Waals surface area contributed by atoms with Crippen LogP contribution in [0.2, 0.25) is 0 Å². The number of hydrogen-bond acceptors (Lipinski definition) is 11. The van der Waals surface area contributed by atoms with Crippen molar-refractivity contribution in [3.63, 3.8) is 0 Å². The minimum atomic E-state index is -4.83. The van der Waals surface area contributed by atoms with Crippen LogP contribution in [0.3, 0.4) is 0 Å². The van der Waals surface area contributed by atoms with Gasteiger partial charge in [-0.3, -0.25) is 4.55 Å². The van der Waals surface area contributed by atoms with Crippen molar-refractivity contribution in [2.24, 2.45) is 0 Å². The van der Waals surface area contributed by atoms with Crippen LogP contribution < -0.4 is 18.9 Å². The molecule has 1 unspecified atom stereocenters. The quantitative estimate of drug-likeness (QED) is 0.274. The molecule has 1 N–H and O–H groups in total. The fourth-order valence-electron chi connectivity index (χ4n) is 4.15. The van der Waals surface area contributed by atoms with Crippen LogP contribution in [0.15, 0.2) is 35.2 Å². The average molecular weight is 577 g/mol. The summed E-state index contributed by atoms with van der Waals surface area (Å²) in [4.78, 5) is -0.228. The molecule has 12 nitrogen and oxygen atoms in total. The maximum absolute atomic E-state index is 13.0. The van der Waals surface area contributed by atoms with Gasteiger partial charge in [-0.25, -0.2) is 12.6 Å². The van der Waals surface area contributed by atoms with Crippen LogP contribution in [-0.2, 0) is 33.9 Å². The van der Waals surface area contributed by atoms with Gasteiger partial charge in [-0.05, 0) is 48.2 Å². The second-order valence-corrected chi connectivity index (χ2v) is 11.3. The third-order valence-corrected chi connectivity index (χ3v) is 7.84. The predicted octanol–water partition coefficient (Wildman–Crippen LogP) is 3.62. The number of hydrogen-bond donors (Lipinski definition) is 1. The molecule has 2 aromatic carbocycles. The largest absolute Gasteiger partial charge is 0.493 e. The summed E-state index contributed by atoms with van der Waals surface area (Å²) in [5.41, 5.74) is 1.38. The van der Waals surface area contributed by atoms with Gasteiger partial charge < -0.3 is 28.4 Å². The molecule has 212 valence electrons. The topological polar surface area (TPSA) is 153 Å². The highest BCUT2D eigenvalue weighted by Crippen LogP contribution is 2.46. The van der Waals surface area contributed by atoms with Crippen LogP contribution in [0.5, 0.6) is 23.0 Å². The molecule has 0 saturated carbocycles. The van der Waals surface area contributed by atoms with Crippen molar-refractivity contribution in [3.8, 4) is 23.0 Å². The zero-order valence-electron chi connectivity index (χ0n) is 21.7. The lowest BCUT2D eigenvalue weighted by atomic mass is 10.0. The Morgan fingerprint density at radius 3 is 2.00 bits per heavy atom. The van der Waals surface area contributed by atoms with Gasteiger partial charge in [0.05, 0.1) is 33.5 Å². The van der Waals surface area contributed by atoms with E-state index in [9.17, 15) is 16.8 Å². The first kappa shape index (κ1) is 29.9. The van der Waals surface area contributed by atoms with Crippen molar-refractivity contribution in [2.75, 3.05) is 34.4 Å². The van der Waals surface area contributed by atoms with Gasteiger partial charge in [0.15, 0.2) is 17.4 Å². The molecule has 0 spiro atoms. The molecule has 0 aliphatic carbocycles. The summed E-state index contributed by atoms with van der Waals surface area (Å²) in [5.74, 6) is 0.644. The summed E-state index contributed by atoms with van der Waals surface area (Å²) in [6.07, 6.45) is -0.971. The minimum absolute atomic E-state index is 0.00745. The van der Waals surface area contributed by atoms with Gasteiger partial charge in [-0.15, -0.1) is 0 Å². The molecule has 0 bridgehead atoms. The van der Waals surface area contributed by atoms with Gasteiger partial charge in [0.2, 0.25) is 21.9 Å². The zero-order valence-corrected chi connectivity index (χ0v) is 23.3. The number of rotatable bonds is 13. The Morgan fingerprint density at radius 1 is 0.895 bits per heavy atom. The number of ether oxygens (including phenoxy) is 6. The Morgan fingerprint density at radius 2 is 1.50 bits per heavy atom. The molecule has 1 aliphatic rings. The molecule has 14 heteroatoms. The monoisotopic (exact) mass is 576 g/mol. The lowest BCUT2D eigenvalue weighted by Gasteiger charge is -2.21. The van der Waals surface area contributed by atoms with Crippen LogP contribution in [0.4, 0.5) is 0 Å².